The highest BCUT2D eigenvalue weighted by molar-refractivity contribution is 5.95. The average molecular weight is 164 g/mol. The van der Waals surface area contributed by atoms with Gasteiger partial charge in [-0.25, -0.2) is 4.57 Å². The molecule has 1 rings (SSSR count). The van der Waals surface area contributed by atoms with Crippen LogP contribution >= 0.6 is 0 Å². The van der Waals surface area contributed by atoms with Crippen molar-refractivity contribution in [3.63, 3.8) is 0 Å². The SMILES string of the molecule is CCC(=O)c1ccc[n+](CC)c1. The van der Waals surface area contributed by atoms with E-state index in [-0.39, 0.29) is 5.78 Å². The van der Waals surface area contributed by atoms with Crippen LogP contribution in [0.25, 0.3) is 0 Å². The van der Waals surface area contributed by atoms with Gasteiger partial charge in [0.2, 0.25) is 0 Å². The maximum absolute atomic E-state index is 11.3. The Balaban J connectivity index is 2.93. The average Bonchev–Trinajstić information content (AvgIpc) is 2.17. The quantitative estimate of drug-likeness (QED) is 0.491. The summed E-state index contributed by atoms with van der Waals surface area (Å²) in [5, 5.41) is 0. The molecule has 0 aliphatic heterocycles. The number of hydrogen-bond donors (Lipinski definition) is 0. The summed E-state index contributed by atoms with van der Waals surface area (Å²) in [6, 6.07) is 3.77. The third-order valence-corrected chi connectivity index (χ3v) is 1.87. The van der Waals surface area contributed by atoms with Crippen molar-refractivity contribution in [2.24, 2.45) is 0 Å². The third-order valence-electron chi connectivity index (χ3n) is 1.87. The number of ketones is 1. The van der Waals surface area contributed by atoms with Gasteiger partial charge in [-0.2, -0.15) is 0 Å². The number of carbonyl (C=O) groups excluding carboxylic acids is 1. The van der Waals surface area contributed by atoms with Crippen LogP contribution in [-0.4, -0.2) is 5.78 Å². The van der Waals surface area contributed by atoms with Gasteiger partial charge in [-0.1, -0.05) is 6.92 Å². The monoisotopic (exact) mass is 164 g/mol. The second kappa shape index (κ2) is 4.00. The lowest BCUT2D eigenvalue weighted by atomic mass is 10.1. The minimum Gasteiger partial charge on any atom is -0.294 e. The van der Waals surface area contributed by atoms with E-state index in [9.17, 15) is 4.79 Å². The number of carbonyl (C=O) groups is 1. The highest BCUT2D eigenvalue weighted by atomic mass is 16.1. The fourth-order valence-electron chi connectivity index (χ4n) is 1.09. The molecule has 0 saturated carbocycles. The lowest BCUT2D eigenvalue weighted by molar-refractivity contribution is -0.693. The Kier molecular flexibility index (Phi) is 2.97. The molecule has 1 heterocycles. The first kappa shape index (κ1) is 8.91. The van der Waals surface area contributed by atoms with E-state index in [1.807, 2.05) is 36.0 Å². The Morgan fingerprint density at radius 2 is 2.25 bits per heavy atom. The van der Waals surface area contributed by atoms with Gasteiger partial charge in [0.25, 0.3) is 0 Å². The second-order valence-electron chi connectivity index (χ2n) is 2.70. The van der Waals surface area contributed by atoms with Crippen LogP contribution in [-0.2, 0) is 6.54 Å². The predicted molar refractivity (Wildman–Crippen MR) is 46.9 cm³/mol. The lowest BCUT2D eigenvalue weighted by Crippen LogP contribution is -2.32. The Labute approximate surface area is 72.8 Å². The molecule has 0 saturated heterocycles. The van der Waals surface area contributed by atoms with E-state index in [4.69, 9.17) is 0 Å². The van der Waals surface area contributed by atoms with Crippen LogP contribution in [0.4, 0.5) is 0 Å². The molecule has 0 aliphatic rings. The van der Waals surface area contributed by atoms with E-state index in [1.54, 1.807) is 0 Å². The molecular formula is C10H14NO+. The number of hydrogen-bond acceptors (Lipinski definition) is 1. The summed E-state index contributed by atoms with van der Waals surface area (Å²) in [4.78, 5) is 11.3. The zero-order valence-electron chi connectivity index (χ0n) is 7.58. The Morgan fingerprint density at radius 1 is 1.50 bits per heavy atom. The summed E-state index contributed by atoms with van der Waals surface area (Å²) in [7, 11) is 0. The van der Waals surface area contributed by atoms with Gasteiger partial charge in [0.05, 0.1) is 5.56 Å². The Hall–Kier alpha value is -1.18. The second-order valence-corrected chi connectivity index (χ2v) is 2.70. The molecule has 0 fully saturated rings. The summed E-state index contributed by atoms with van der Waals surface area (Å²) in [5.74, 6) is 0.206. The number of pyridine rings is 1. The van der Waals surface area contributed by atoms with Crippen molar-refractivity contribution in [1.82, 2.24) is 0 Å². The molecule has 0 aromatic carbocycles. The molecule has 64 valence electrons. The first-order valence-electron chi connectivity index (χ1n) is 4.30. The molecule has 0 unspecified atom stereocenters. The third kappa shape index (κ3) is 1.91. The van der Waals surface area contributed by atoms with E-state index in [0.717, 1.165) is 12.1 Å². The minimum absolute atomic E-state index is 0.206. The minimum atomic E-state index is 0.206. The lowest BCUT2D eigenvalue weighted by Gasteiger charge is -1.95. The molecule has 0 bridgehead atoms. The molecular weight excluding hydrogens is 150 g/mol. The van der Waals surface area contributed by atoms with E-state index >= 15 is 0 Å². The van der Waals surface area contributed by atoms with Crippen LogP contribution in [0.5, 0.6) is 0 Å². The van der Waals surface area contributed by atoms with Crippen molar-refractivity contribution in [2.75, 3.05) is 0 Å². The van der Waals surface area contributed by atoms with Gasteiger partial charge in [-0.15, -0.1) is 0 Å². The molecule has 0 spiro atoms. The number of rotatable bonds is 3. The summed E-state index contributed by atoms with van der Waals surface area (Å²) in [5.41, 5.74) is 0.807. The van der Waals surface area contributed by atoms with Crippen molar-refractivity contribution in [2.45, 2.75) is 26.8 Å². The van der Waals surface area contributed by atoms with Crippen molar-refractivity contribution in [1.29, 1.82) is 0 Å². The zero-order chi connectivity index (χ0) is 8.97. The molecule has 0 amide bonds. The van der Waals surface area contributed by atoms with Gasteiger partial charge in [0, 0.05) is 12.5 Å². The largest absolute Gasteiger partial charge is 0.294 e. The normalized spacial score (nSPS) is 9.83. The van der Waals surface area contributed by atoms with Crippen molar-refractivity contribution in [3.05, 3.63) is 30.1 Å². The number of aromatic nitrogens is 1. The molecule has 0 N–H and O–H groups in total. The van der Waals surface area contributed by atoms with Crippen molar-refractivity contribution < 1.29 is 9.36 Å². The number of nitrogens with zero attached hydrogens (tertiary/aromatic N) is 1. The van der Waals surface area contributed by atoms with Gasteiger partial charge >= 0.3 is 0 Å². The van der Waals surface area contributed by atoms with Crippen LogP contribution in [0.3, 0.4) is 0 Å². The summed E-state index contributed by atoms with van der Waals surface area (Å²) >= 11 is 0. The highest BCUT2D eigenvalue weighted by Crippen LogP contribution is 1.98. The van der Waals surface area contributed by atoms with E-state index in [0.29, 0.717) is 6.42 Å². The van der Waals surface area contributed by atoms with Gasteiger partial charge < -0.3 is 0 Å². The zero-order valence-corrected chi connectivity index (χ0v) is 7.58. The van der Waals surface area contributed by atoms with Gasteiger partial charge in [-0.3, -0.25) is 4.79 Å². The van der Waals surface area contributed by atoms with Crippen LogP contribution in [0.2, 0.25) is 0 Å². The number of Topliss-reactive ketones (excluding diaryl/α,β-unsaturated/α-hetero) is 1. The molecule has 1 aromatic heterocycles. The predicted octanol–water partition coefficient (Wildman–Crippen LogP) is 1.59. The molecule has 2 heteroatoms. The van der Waals surface area contributed by atoms with Crippen LogP contribution in [0.1, 0.15) is 30.6 Å². The van der Waals surface area contributed by atoms with Gasteiger partial charge in [0.15, 0.2) is 18.2 Å². The maximum atomic E-state index is 11.3. The number of aryl methyl sites for hydroxylation is 1. The maximum Gasteiger partial charge on any atom is 0.179 e. The topological polar surface area (TPSA) is 20.9 Å². The summed E-state index contributed by atoms with van der Waals surface area (Å²) in [6.07, 6.45) is 4.44. The molecule has 1 aromatic rings. The Morgan fingerprint density at radius 3 is 2.83 bits per heavy atom. The van der Waals surface area contributed by atoms with E-state index < -0.39 is 0 Å². The molecule has 2 nitrogen and oxygen atoms in total. The fraction of sp³-hybridized carbons (Fsp3) is 0.400. The summed E-state index contributed by atoms with van der Waals surface area (Å²) in [6.45, 7) is 4.84. The van der Waals surface area contributed by atoms with Crippen LogP contribution in [0.15, 0.2) is 24.5 Å². The van der Waals surface area contributed by atoms with Crippen molar-refractivity contribution >= 4 is 5.78 Å². The summed E-state index contributed by atoms with van der Waals surface area (Å²) < 4.78 is 2.00. The van der Waals surface area contributed by atoms with Crippen LogP contribution < -0.4 is 4.57 Å². The first-order chi connectivity index (χ1) is 5.77. The van der Waals surface area contributed by atoms with E-state index in [2.05, 4.69) is 6.92 Å². The highest BCUT2D eigenvalue weighted by Gasteiger charge is 2.06. The molecule has 0 atom stereocenters. The van der Waals surface area contributed by atoms with Crippen LogP contribution in [0, 0.1) is 0 Å². The van der Waals surface area contributed by atoms with Crippen molar-refractivity contribution in [3.8, 4) is 0 Å². The Bertz CT molecular complexity index is 281. The fourth-order valence-corrected chi connectivity index (χ4v) is 1.09. The standard InChI is InChI=1S/C10H14NO/c1-3-10(12)9-6-5-7-11(4-2)8-9/h5-8H,3-4H2,1-2H3/q+1. The molecule has 0 radical (unpaired) electrons. The first-order valence-corrected chi connectivity index (χ1v) is 4.30. The van der Waals surface area contributed by atoms with Gasteiger partial charge in [0.1, 0.15) is 6.54 Å². The smallest absolute Gasteiger partial charge is 0.179 e. The van der Waals surface area contributed by atoms with E-state index in [1.165, 1.54) is 0 Å². The molecule has 0 aliphatic carbocycles. The molecule has 12 heavy (non-hydrogen) atoms. The van der Waals surface area contributed by atoms with Gasteiger partial charge in [-0.05, 0) is 13.0 Å².